The summed E-state index contributed by atoms with van der Waals surface area (Å²) in [4.78, 5) is 24.9. The number of nitrogens with zero attached hydrogens (tertiary/aromatic N) is 3. The first-order valence-electron chi connectivity index (χ1n) is 8.43. The van der Waals surface area contributed by atoms with Crippen LogP contribution in [-0.2, 0) is 4.79 Å². The van der Waals surface area contributed by atoms with E-state index in [0.717, 1.165) is 22.3 Å². The van der Waals surface area contributed by atoms with Crippen molar-refractivity contribution in [3.8, 4) is 17.0 Å². The highest BCUT2D eigenvalue weighted by atomic mass is 16.5. The third-order valence-corrected chi connectivity index (χ3v) is 3.91. The van der Waals surface area contributed by atoms with Gasteiger partial charge in [0, 0.05) is 11.8 Å². The van der Waals surface area contributed by atoms with Crippen LogP contribution in [0.1, 0.15) is 0 Å². The van der Waals surface area contributed by atoms with Gasteiger partial charge >= 0.3 is 0 Å². The van der Waals surface area contributed by atoms with Crippen LogP contribution in [0, 0.1) is 0 Å². The minimum absolute atomic E-state index is 0.0793. The molecule has 1 amide bonds. The molecule has 132 valence electrons. The summed E-state index contributed by atoms with van der Waals surface area (Å²) >= 11 is 0. The van der Waals surface area contributed by atoms with Crippen molar-refractivity contribution < 1.29 is 9.53 Å². The van der Waals surface area contributed by atoms with Crippen molar-refractivity contribution in [1.29, 1.82) is 0 Å². The number of aromatic nitrogens is 3. The Balaban J connectivity index is 1.40. The summed E-state index contributed by atoms with van der Waals surface area (Å²) in [6.07, 6.45) is 4.98. The number of rotatable bonds is 5. The molecule has 0 bridgehead atoms. The first-order valence-corrected chi connectivity index (χ1v) is 8.43. The Morgan fingerprint density at radius 3 is 2.52 bits per heavy atom. The SMILES string of the molecule is O=C(COc1ccc(-c2cnc3ccccc3n2)cc1)Nc1cccnc1. The van der Waals surface area contributed by atoms with Gasteiger partial charge in [-0.3, -0.25) is 14.8 Å². The van der Waals surface area contributed by atoms with Gasteiger partial charge in [0.1, 0.15) is 5.75 Å². The molecule has 1 N–H and O–H groups in total. The van der Waals surface area contributed by atoms with Gasteiger partial charge < -0.3 is 10.1 Å². The number of ether oxygens (including phenoxy) is 1. The number of nitrogens with one attached hydrogen (secondary N) is 1. The summed E-state index contributed by atoms with van der Waals surface area (Å²) in [5.41, 5.74) is 4.06. The van der Waals surface area contributed by atoms with E-state index in [1.165, 1.54) is 0 Å². The van der Waals surface area contributed by atoms with Crippen LogP contribution >= 0.6 is 0 Å². The van der Waals surface area contributed by atoms with Crippen molar-refractivity contribution in [3.63, 3.8) is 0 Å². The molecule has 0 spiro atoms. The zero-order valence-corrected chi connectivity index (χ0v) is 14.4. The van der Waals surface area contributed by atoms with Crippen LogP contribution in [0.2, 0.25) is 0 Å². The van der Waals surface area contributed by atoms with Crippen LogP contribution in [0.3, 0.4) is 0 Å². The van der Waals surface area contributed by atoms with Crippen molar-refractivity contribution in [2.45, 2.75) is 0 Å². The maximum absolute atomic E-state index is 11.9. The minimum Gasteiger partial charge on any atom is -0.484 e. The van der Waals surface area contributed by atoms with Crippen LogP contribution in [-0.4, -0.2) is 27.5 Å². The normalized spacial score (nSPS) is 10.5. The summed E-state index contributed by atoms with van der Waals surface area (Å²) in [6, 6.07) is 18.7. The average molecular weight is 356 g/mol. The van der Waals surface area contributed by atoms with E-state index in [-0.39, 0.29) is 12.5 Å². The number of pyridine rings is 1. The van der Waals surface area contributed by atoms with Gasteiger partial charge in [0.05, 0.1) is 34.8 Å². The molecule has 6 nitrogen and oxygen atoms in total. The predicted octanol–water partition coefficient (Wildman–Crippen LogP) is 3.71. The molecule has 4 aromatic rings. The lowest BCUT2D eigenvalue weighted by molar-refractivity contribution is -0.118. The summed E-state index contributed by atoms with van der Waals surface area (Å²) in [7, 11) is 0. The second-order valence-electron chi connectivity index (χ2n) is 5.85. The Labute approximate surface area is 155 Å². The third kappa shape index (κ3) is 4.07. The number of hydrogen-bond donors (Lipinski definition) is 1. The number of hydrogen-bond acceptors (Lipinski definition) is 5. The number of fused-ring (bicyclic) bond motifs is 1. The maximum atomic E-state index is 11.9. The number of carbonyl (C=O) groups is 1. The number of para-hydroxylation sites is 2. The molecule has 2 aromatic carbocycles. The summed E-state index contributed by atoms with van der Waals surface area (Å²) in [6.45, 7) is -0.0793. The zero-order valence-electron chi connectivity index (χ0n) is 14.4. The standard InChI is InChI=1S/C21H16N4O2/c26-21(24-16-4-3-11-22-12-16)14-27-17-9-7-15(8-10-17)20-13-23-18-5-1-2-6-19(18)25-20/h1-13H,14H2,(H,24,26). The zero-order chi connectivity index (χ0) is 18.5. The van der Waals surface area contributed by atoms with Gasteiger partial charge in [-0.1, -0.05) is 12.1 Å². The van der Waals surface area contributed by atoms with Gasteiger partial charge in [-0.2, -0.15) is 0 Å². The molecule has 2 aromatic heterocycles. The van der Waals surface area contributed by atoms with E-state index in [1.807, 2.05) is 48.5 Å². The first-order chi connectivity index (χ1) is 13.3. The van der Waals surface area contributed by atoms with Gasteiger partial charge in [-0.05, 0) is 48.5 Å². The smallest absolute Gasteiger partial charge is 0.262 e. The van der Waals surface area contributed by atoms with E-state index in [9.17, 15) is 4.79 Å². The Morgan fingerprint density at radius 1 is 0.926 bits per heavy atom. The number of benzene rings is 2. The molecule has 0 aliphatic rings. The van der Waals surface area contributed by atoms with E-state index < -0.39 is 0 Å². The highest BCUT2D eigenvalue weighted by Gasteiger charge is 2.06. The largest absolute Gasteiger partial charge is 0.484 e. The quantitative estimate of drug-likeness (QED) is 0.590. The molecule has 0 saturated carbocycles. The molecule has 0 aliphatic heterocycles. The lowest BCUT2D eigenvalue weighted by Crippen LogP contribution is -2.20. The molecular formula is C21H16N4O2. The highest BCUT2D eigenvalue weighted by Crippen LogP contribution is 2.22. The molecule has 0 aliphatic carbocycles. The predicted molar refractivity (Wildman–Crippen MR) is 103 cm³/mol. The van der Waals surface area contributed by atoms with Crippen molar-refractivity contribution in [2.75, 3.05) is 11.9 Å². The van der Waals surface area contributed by atoms with Crippen LogP contribution in [0.15, 0.2) is 79.3 Å². The first kappa shape index (κ1) is 16.7. The van der Waals surface area contributed by atoms with Gasteiger partial charge in [-0.25, -0.2) is 4.98 Å². The van der Waals surface area contributed by atoms with Gasteiger partial charge in [0.15, 0.2) is 6.61 Å². The molecule has 0 atom stereocenters. The van der Waals surface area contributed by atoms with Gasteiger partial charge in [-0.15, -0.1) is 0 Å². The van der Waals surface area contributed by atoms with E-state index in [1.54, 1.807) is 30.7 Å². The average Bonchev–Trinajstić information content (AvgIpc) is 2.73. The van der Waals surface area contributed by atoms with Gasteiger partial charge in [0.2, 0.25) is 0 Å². The van der Waals surface area contributed by atoms with E-state index in [2.05, 4.69) is 20.3 Å². The highest BCUT2D eigenvalue weighted by molar-refractivity contribution is 5.91. The number of anilines is 1. The van der Waals surface area contributed by atoms with Gasteiger partial charge in [0.25, 0.3) is 5.91 Å². The van der Waals surface area contributed by atoms with E-state index in [4.69, 9.17) is 4.74 Å². The number of amides is 1. The molecule has 2 heterocycles. The van der Waals surface area contributed by atoms with Crippen molar-refractivity contribution in [2.24, 2.45) is 0 Å². The fraction of sp³-hybridized carbons (Fsp3) is 0.0476. The Hall–Kier alpha value is -3.80. The molecule has 27 heavy (non-hydrogen) atoms. The Bertz CT molecular complexity index is 1070. The topological polar surface area (TPSA) is 77.0 Å². The van der Waals surface area contributed by atoms with Crippen LogP contribution < -0.4 is 10.1 Å². The lowest BCUT2D eigenvalue weighted by atomic mass is 10.1. The maximum Gasteiger partial charge on any atom is 0.262 e. The van der Waals surface area contributed by atoms with E-state index >= 15 is 0 Å². The van der Waals surface area contributed by atoms with Crippen LogP contribution in [0.5, 0.6) is 5.75 Å². The van der Waals surface area contributed by atoms with Crippen LogP contribution in [0.25, 0.3) is 22.3 Å². The molecule has 0 unspecified atom stereocenters. The Kier molecular flexibility index (Phi) is 4.70. The Morgan fingerprint density at radius 2 is 1.74 bits per heavy atom. The molecule has 0 fully saturated rings. The van der Waals surface area contributed by atoms with E-state index in [0.29, 0.717) is 11.4 Å². The summed E-state index contributed by atoms with van der Waals surface area (Å²) in [5.74, 6) is 0.362. The second-order valence-corrected chi connectivity index (χ2v) is 5.85. The fourth-order valence-electron chi connectivity index (χ4n) is 2.60. The molecule has 0 radical (unpaired) electrons. The molecular weight excluding hydrogens is 340 g/mol. The number of carbonyl (C=O) groups excluding carboxylic acids is 1. The second kappa shape index (κ2) is 7.61. The monoisotopic (exact) mass is 356 g/mol. The van der Waals surface area contributed by atoms with Crippen LogP contribution in [0.4, 0.5) is 5.69 Å². The van der Waals surface area contributed by atoms with Crippen molar-refractivity contribution in [3.05, 3.63) is 79.3 Å². The molecule has 0 saturated heterocycles. The molecule has 4 rings (SSSR count). The van der Waals surface area contributed by atoms with Crippen molar-refractivity contribution >= 4 is 22.6 Å². The molecule has 6 heteroatoms. The lowest BCUT2D eigenvalue weighted by Gasteiger charge is -2.08. The minimum atomic E-state index is -0.243. The summed E-state index contributed by atoms with van der Waals surface area (Å²) < 4.78 is 5.53. The summed E-state index contributed by atoms with van der Waals surface area (Å²) in [5, 5.41) is 2.72. The van der Waals surface area contributed by atoms with Crippen molar-refractivity contribution in [1.82, 2.24) is 15.0 Å². The third-order valence-electron chi connectivity index (χ3n) is 3.91. The fourth-order valence-corrected chi connectivity index (χ4v) is 2.60.